The van der Waals surface area contributed by atoms with Gasteiger partial charge in [-0.3, -0.25) is 9.59 Å². The van der Waals surface area contributed by atoms with Crippen LogP contribution in [0, 0.1) is 6.92 Å². The number of amides is 1. The number of ether oxygens (including phenoxy) is 1. The zero-order valence-corrected chi connectivity index (χ0v) is 17.4. The van der Waals surface area contributed by atoms with Gasteiger partial charge in [-0.25, -0.2) is 4.98 Å². The number of rotatable bonds is 5. The van der Waals surface area contributed by atoms with Gasteiger partial charge in [0.1, 0.15) is 11.9 Å². The Balaban J connectivity index is 1.32. The second-order valence-electron chi connectivity index (χ2n) is 6.83. The average Bonchev–Trinajstić information content (AvgIpc) is 3.30. The van der Waals surface area contributed by atoms with Crippen LogP contribution in [-0.4, -0.2) is 45.3 Å². The van der Waals surface area contributed by atoms with Crippen molar-refractivity contribution in [2.45, 2.75) is 23.8 Å². The molecular formula is C20H21N3O3S2. The van der Waals surface area contributed by atoms with Crippen LogP contribution in [0.15, 0.2) is 45.5 Å². The Kier molecular flexibility index (Phi) is 5.41. The molecule has 0 radical (unpaired) electrons. The summed E-state index contributed by atoms with van der Waals surface area (Å²) in [4.78, 5) is 30.9. The highest BCUT2D eigenvalue weighted by Gasteiger charge is 2.28. The Hall–Kier alpha value is -2.32. The molecule has 0 saturated carbocycles. The van der Waals surface area contributed by atoms with Gasteiger partial charge in [0.2, 0.25) is 5.91 Å². The van der Waals surface area contributed by atoms with E-state index in [1.165, 1.54) is 17.8 Å². The normalized spacial score (nSPS) is 16.6. The summed E-state index contributed by atoms with van der Waals surface area (Å²) in [5, 5.41) is 0. The van der Waals surface area contributed by atoms with Crippen molar-refractivity contribution >= 4 is 39.2 Å². The lowest BCUT2D eigenvalue weighted by Gasteiger charge is -2.17. The molecule has 146 valence electrons. The van der Waals surface area contributed by atoms with Crippen LogP contribution in [0.4, 0.5) is 0 Å². The average molecular weight is 416 g/mol. The molecule has 0 spiro atoms. The molecule has 1 fully saturated rings. The molecule has 1 atom stereocenters. The molecule has 3 heterocycles. The summed E-state index contributed by atoms with van der Waals surface area (Å²) in [5.74, 6) is 1.04. The SMILES string of the molecule is Cc1cc(OC2CCN(C(=O)CSc3nc4ccccc4s3)C2)cc(=O)n1C. The second kappa shape index (κ2) is 7.97. The Morgan fingerprint density at radius 2 is 2.18 bits per heavy atom. The highest BCUT2D eigenvalue weighted by Crippen LogP contribution is 2.29. The first-order valence-electron chi connectivity index (χ1n) is 9.10. The van der Waals surface area contributed by atoms with Gasteiger partial charge in [0, 0.05) is 31.8 Å². The quantitative estimate of drug-likeness (QED) is 0.599. The number of nitrogens with zero attached hydrogens (tertiary/aromatic N) is 3. The molecule has 0 bridgehead atoms. The number of aromatic nitrogens is 2. The van der Waals surface area contributed by atoms with E-state index in [-0.39, 0.29) is 17.6 Å². The number of hydrogen-bond donors (Lipinski definition) is 0. The molecule has 1 amide bonds. The molecule has 0 N–H and O–H groups in total. The minimum Gasteiger partial charge on any atom is -0.488 e. The van der Waals surface area contributed by atoms with E-state index in [1.807, 2.05) is 42.2 Å². The van der Waals surface area contributed by atoms with Crippen LogP contribution in [0.2, 0.25) is 0 Å². The standard InChI is InChI=1S/C20H21N3O3S2/c1-13-9-15(10-18(24)22(13)2)26-14-7-8-23(11-14)19(25)12-27-20-21-16-5-3-4-6-17(16)28-20/h3-6,9-10,14H,7-8,11-12H2,1-2H3. The number of thiazole rings is 1. The number of aryl methyl sites for hydroxylation is 1. The highest BCUT2D eigenvalue weighted by atomic mass is 32.2. The summed E-state index contributed by atoms with van der Waals surface area (Å²) in [6, 6.07) is 11.3. The van der Waals surface area contributed by atoms with Crippen LogP contribution in [0.25, 0.3) is 10.2 Å². The highest BCUT2D eigenvalue weighted by molar-refractivity contribution is 8.01. The number of fused-ring (bicyclic) bond motifs is 1. The largest absolute Gasteiger partial charge is 0.488 e. The van der Waals surface area contributed by atoms with Crippen molar-refractivity contribution in [1.82, 2.24) is 14.5 Å². The van der Waals surface area contributed by atoms with E-state index in [9.17, 15) is 9.59 Å². The maximum absolute atomic E-state index is 12.6. The molecule has 1 aliphatic heterocycles. The van der Waals surface area contributed by atoms with Gasteiger partial charge < -0.3 is 14.2 Å². The van der Waals surface area contributed by atoms with Crippen LogP contribution in [-0.2, 0) is 11.8 Å². The van der Waals surface area contributed by atoms with Crippen molar-refractivity contribution in [2.75, 3.05) is 18.8 Å². The van der Waals surface area contributed by atoms with Gasteiger partial charge in [-0.05, 0) is 25.1 Å². The molecule has 28 heavy (non-hydrogen) atoms. The van der Waals surface area contributed by atoms with Crippen LogP contribution in [0.1, 0.15) is 12.1 Å². The number of benzene rings is 1. The van der Waals surface area contributed by atoms with Gasteiger partial charge >= 0.3 is 0 Å². The summed E-state index contributed by atoms with van der Waals surface area (Å²) in [6.45, 7) is 3.10. The first-order chi connectivity index (χ1) is 13.5. The molecular weight excluding hydrogens is 394 g/mol. The van der Waals surface area contributed by atoms with Gasteiger partial charge in [0.25, 0.3) is 5.56 Å². The van der Waals surface area contributed by atoms with Crippen LogP contribution < -0.4 is 10.3 Å². The van der Waals surface area contributed by atoms with Crippen molar-refractivity contribution in [2.24, 2.45) is 7.05 Å². The van der Waals surface area contributed by atoms with Crippen molar-refractivity contribution in [1.29, 1.82) is 0 Å². The number of hydrogen-bond acceptors (Lipinski definition) is 6. The van der Waals surface area contributed by atoms with Crippen molar-refractivity contribution < 1.29 is 9.53 Å². The van der Waals surface area contributed by atoms with Gasteiger partial charge in [-0.15, -0.1) is 11.3 Å². The van der Waals surface area contributed by atoms with Crippen molar-refractivity contribution in [3.05, 3.63) is 52.4 Å². The molecule has 8 heteroatoms. The molecule has 1 aliphatic rings. The molecule has 1 saturated heterocycles. The lowest BCUT2D eigenvalue weighted by atomic mass is 10.3. The summed E-state index contributed by atoms with van der Waals surface area (Å²) in [5.41, 5.74) is 1.73. The monoisotopic (exact) mass is 415 g/mol. The summed E-state index contributed by atoms with van der Waals surface area (Å²) in [7, 11) is 1.74. The summed E-state index contributed by atoms with van der Waals surface area (Å²) in [6.07, 6.45) is 0.689. The van der Waals surface area contributed by atoms with E-state index in [0.29, 0.717) is 24.6 Å². The Bertz CT molecular complexity index is 1040. The molecule has 6 nitrogen and oxygen atoms in total. The summed E-state index contributed by atoms with van der Waals surface area (Å²) < 4.78 is 9.58. The van der Waals surface area contributed by atoms with E-state index in [1.54, 1.807) is 23.0 Å². The van der Waals surface area contributed by atoms with Crippen LogP contribution >= 0.6 is 23.1 Å². The molecule has 2 aromatic heterocycles. The van der Waals surface area contributed by atoms with Crippen molar-refractivity contribution in [3.63, 3.8) is 0 Å². The van der Waals surface area contributed by atoms with Gasteiger partial charge in [0.05, 0.1) is 22.5 Å². The van der Waals surface area contributed by atoms with E-state index in [2.05, 4.69) is 4.98 Å². The molecule has 0 aliphatic carbocycles. The maximum Gasteiger partial charge on any atom is 0.254 e. The fraction of sp³-hybridized carbons (Fsp3) is 0.350. The lowest BCUT2D eigenvalue weighted by molar-refractivity contribution is -0.127. The van der Waals surface area contributed by atoms with Crippen LogP contribution in [0.5, 0.6) is 5.75 Å². The number of pyridine rings is 1. The third-order valence-electron chi connectivity index (χ3n) is 4.87. The topological polar surface area (TPSA) is 64.4 Å². The maximum atomic E-state index is 12.6. The van der Waals surface area contributed by atoms with E-state index >= 15 is 0 Å². The Morgan fingerprint density at radius 3 is 2.96 bits per heavy atom. The first-order valence-corrected chi connectivity index (χ1v) is 10.9. The Labute approximate surface area is 171 Å². The van der Waals surface area contributed by atoms with Crippen LogP contribution in [0.3, 0.4) is 0 Å². The minimum absolute atomic E-state index is 0.0806. The molecule has 1 unspecified atom stereocenters. The number of likely N-dealkylation sites (tertiary alicyclic amines) is 1. The fourth-order valence-corrected chi connectivity index (χ4v) is 5.15. The number of carbonyl (C=O) groups excluding carboxylic acids is 1. The predicted octanol–water partition coefficient (Wildman–Crippen LogP) is 3.08. The van der Waals surface area contributed by atoms with Gasteiger partial charge in [-0.2, -0.15) is 0 Å². The number of thioether (sulfide) groups is 1. The van der Waals surface area contributed by atoms with E-state index in [0.717, 1.165) is 26.7 Å². The predicted molar refractivity (Wildman–Crippen MR) is 112 cm³/mol. The third kappa shape index (κ3) is 4.07. The molecule has 4 rings (SSSR count). The number of para-hydroxylation sites is 1. The van der Waals surface area contributed by atoms with E-state index in [4.69, 9.17) is 4.74 Å². The van der Waals surface area contributed by atoms with Gasteiger partial charge in [-0.1, -0.05) is 23.9 Å². The molecule has 3 aromatic rings. The number of carbonyl (C=O) groups is 1. The zero-order chi connectivity index (χ0) is 19.7. The Morgan fingerprint density at radius 1 is 1.36 bits per heavy atom. The third-order valence-corrected chi connectivity index (χ3v) is 7.03. The summed E-state index contributed by atoms with van der Waals surface area (Å²) >= 11 is 3.10. The van der Waals surface area contributed by atoms with Gasteiger partial charge in [0.15, 0.2) is 4.34 Å². The smallest absolute Gasteiger partial charge is 0.254 e. The van der Waals surface area contributed by atoms with E-state index < -0.39 is 0 Å². The second-order valence-corrected chi connectivity index (χ2v) is 9.09. The molecule has 1 aromatic carbocycles. The van der Waals surface area contributed by atoms with Crippen molar-refractivity contribution in [3.8, 4) is 5.75 Å². The lowest BCUT2D eigenvalue weighted by Crippen LogP contribution is -2.32. The fourth-order valence-electron chi connectivity index (χ4n) is 3.18. The zero-order valence-electron chi connectivity index (χ0n) is 15.8. The first kappa shape index (κ1) is 19.0. The minimum atomic E-state index is -0.0897.